The number of hydrogen-bond donors (Lipinski definition) is 1. The van der Waals surface area contributed by atoms with Crippen LogP contribution in [-0.4, -0.2) is 30.6 Å². The predicted molar refractivity (Wildman–Crippen MR) is 85.2 cm³/mol. The standard InChI is InChI=1S/C17H32N2O/c1-6-9-10-14(18)16(8-3)12-13-17(16,11-7-2)15(20)19(4)5/h18H,6-13H2,1-5H3. The van der Waals surface area contributed by atoms with Crippen LogP contribution in [0.15, 0.2) is 0 Å². The van der Waals surface area contributed by atoms with Crippen molar-refractivity contribution < 1.29 is 4.79 Å². The van der Waals surface area contributed by atoms with Gasteiger partial charge in [0.25, 0.3) is 0 Å². The van der Waals surface area contributed by atoms with Crippen LogP contribution < -0.4 is 0 Å². The SMILES string of the molecule is CCCCC(=N)C1(CC)CCC1(CCC)C(=O)N(C)C. The van der Waals surface area contributed by atoms with Gasteiger partial charge in [-0.05, 0) is 38.5 Å². The molecule has 20 heavy (non-hydrogen) atoms. The number of nitrogens with one attached hydrogen (secondary N) is 1. The Hall–Kier alpha value is -0.860. The van der Waals surface area contributed by atoms with Gasteiger partial charge in [-0.2, -0.15) is 0 Å². The van der Waals surface area contributed by atoms with E-state index in [4.69, 9.17) is 5.41 Å². The lowest BCUT2D eigenvalue weighted by atomic mass is 9.44. The average Bonchev–Trinajstić information content (AvgIpc) is 2.41. The van der Waals surface area contributed by atoms with E-state index in [1.807, 2.05) is 14.1 Å². The number of unbranched alkanes of at least 4 members (excludes halogenated alkanes) is 1. The van der Waals surface area contributed by atoms with Crippen molar-refractivity contribution in [3.63, 3.8) is 0 Å². The fraction of sp³-hybridized carbons (Fsp3) is 0.882. The number of rotatable bonds is 8. The van der Waals surface area contributed by atoms with Crippen LogP contribution in [-0.2, 0) is 4.79 Å². The molecular formula is C17H32N2O. The molecule has 1 amide bonds. The van der Waals surface area contributed by atoms with Crippen LogP contribution in [0.1, 0.15) is 72.1 Å². The third-order valence-electron chi connectivity index (χ3n) is 5.35. The zero-order valence-corrected chi connectivity index (χ0v) is 14.0. The van der Waals surface area contributed by atoms with Crippen LogP contribution in [0.4, 0.5) is 0 Å². The van der Waals surface area contributed by atoms with Gasteiger partial charge in [-0.25, -0.2) is 0 Å². The Balaban J connectivity index is 3.10. The van der Waals surface area contributed by atoms with Crippen molar-refractivity contribution in [3.8, 4) is 0 Å². The summed E-state index contributed by atoms with van der Waals surface area (Å²) in [6.07, 6.45) is 7.88. The Morgan fingerprint density at radius 3 is 2.05 bits per heavy atom. The molecule has 3 heteroatoms. The maximum Gasteiger partial charge on any atom is 0.229 e. The number of carbonyl (C=O) groups is 1. The maximum atomic E-state index is 12.8. The topological polar surface area (TPSA) is 44.2 Å². The van der Waals surface area contributed by atoms with Gasteiger partial charge in [-0.3, -0.25) is 4.79 Å². The van der Waals surface area contributed by atoms with E-state index in [0.717, 1.165) is 57.1 Å². The van der Waals surface area contributed by atoms with Crippen molar-refractivity contribution in [1.82, 2.24) is 4.90 Å². The normalized spacial score (nSPS) is 28.9. The molecule has 0 saturated heterocycles. The molecule has 3 nitrogen and oxygen atoms in total. The Morgan fingerprint density at radius 1 is 1.10 bits per heavy atom. The van der Waals surface area contributed by atoms with Gasteiger partial charge in [0, 0.05) is 25.2 Å². The molecule has 1 saturated carbocycles. The molecule has 0 aromatic carbocycles. The van der Waals surface area contributed by atoms with Gasteiger partial charge in [0.15, 0.2) is 0 Å². The molecule has 2 unspecified atom stereocenters. The molecule has 116 valence electrons. The van der Waals surface area contributed by atoms with E-state index in [1.165, 1.54) is 0 Å². The van der Waals surface area contributed by atoms with Crippen LogP contribution in [0.3, 0.4) is 0 Å². The van der Waals surface area contributed by atoms with E-state index in [-0.39, 0.29) is 16.7 Å². The quantitative estimate of drug-likeness (QED) is 0.663. The van der Waals surface area contributed by atoms with Crippen LogP contribution >= 0.6 is 0 Å². The molecule has 2 atom stereocenters. The zero-order chi connectivity index (χ0) is 15.4. The van der Waals surface area contributed by atoms with Crippen LogP contribution in [0.5, 0.6) is 0 Å². The molecule has 1 N–H and O–H groups in total. The summed E-state index contributed by atoms with van der Waals surface area (Å²) in [5.41, 5.74) is 0.362. The predicted octanol–water partition coefficient (Wildman–Crippen LogP) is 4.26. The summed E-state index contributed by atoms with van der Waals surface area (Å²) in [4.78, 5) is 14.6. The molecular weight excluding hydrogens is 248 g/mol. The van der Waals surface area contributed by atoms with Gasteiger partial charge in [0.05, 0.1) is 5.41 Å². The summed E-state index contributed by atoms with van der Waals surface area (Å²) in [7, 11) is 3.71. The first kappa shape index (κ1) is 17.2. The summed E-state index contributed by atoms with van der Waals surface area (Å²) in [6, 6.07) is 0. The van der Waals surface area contributed by atoms with Gasteiger partial charge in [-0.15, -0.1) is 0 Å². The summed E-state index contributed by atoms with van der Waals surface area (Å²) in [5.74, 6) is 0.244. The smallest absolute Gasteiger partial charge is 0.229 e. The fourth-order valence-corrected chi connectivity index (χ4v) is 4.13. The van der Waals surface area contributed by atoms with Crippen molar-refractivity contribution >= 4 is 11.6 Å². The Labute approximate surface area is 124 Å². The largest absolute Gasteiger partial charge is 0.348 e. The number of carbonyl (C=O) groups excluding carboxylic acids is 1. The van der Waals surface area contributed by atoms with Gasteiger partial charge < -0.3 is 10.3 Å². The fourth-order valence-electron chi connectivity index (χ4n) is 4.13. The first-order valence-corrected chi connectivity index (χ1v) is 8.21. The average molecular weight is 280 g/mol. The van der Waals surface area contributed by atoms with Crippen LogP contribution in [0.25, 0.3) is 0 Å². The van der Waals surface area contributed by atoms with Crippen molar-refractivity contribution in [3.05, 3.63) is 0 Å². The van der Waals surface area contributed by atoms with E-state index < -0.39 is 0 Å². The maximum absolute atomic E-state index is 12.8. The minimum atomic E-state index is -0.301. The first-order valence-electron chi connectivity index (χ1n) is 8.21. The molecule has 0 heterocycles. The minimum absolute atomic E-state index is 0.167. The third kappa shape index (κ3) is 2.51. The Morgan fingerprint density at radius 2 is 1.70 bits per heavy atom. The van der Waals surface area contributed by atoms with Crippen molar-refractivity contribution in [2.75, 3.05) is 14.1 Å². The first-order chi connectivity index (χ1) is 9.41. The van der Waals surface area contributed by atoms with Gasteiger partial charge in [-0.1, -0.05) is 33.6 Å². The van der Waals surface area contributed by atoms with Crippen LogP contribution in [0, 0.1) is 16.2 Å². The number of amides is 1. The van der Waals surface area contributed by atoms with Crippen molar-refractivity contribution in [2.45, 2.75) is 72.1 Å². The summed E-state index contributed by atoms with van der Waals surface area (Å²) < 4.78 is 0. The number of nitrogens with zero attached hydrogens (tertiary/aromatic N) is 1. The highest BCUT2D eigenvalue weighted by atomic mass is 16.2. The summed E-state index contributed by atoms with van der Waals surface area (Å²) in [5, 5.41) is 8.59. The van der Waals surface area contributed by atoms with Crippen molar-refractivity contribution in [1.29, 1.82) is 5.41 Å². The van der Waals surface area contributed by atoms with Crippen molar-refractivity contribution in [2.24, 2.45) is 10.8 Å². The molecule has 0 aliphatic heterocycles. The molecule has 1 fully saturated rings. The van der Waals surface area contributed by atoms with Gasteiger partial charge in [0.2, 0.25) is 5.91 Å². The lowest BCUT2D eigenvalue weighted by Crippen LogP contribution is -2.62. The van der Waals surface area contributed by atoms with Crippen LogP contribution in [0.2, 0.25) is 0 Å². The third-order valence-corrected chi connectivity index (χ3v) is 5.35. The second kappa shape index (κ2) is 6.73. The van der Waals surface area contributed by atoms with Gasteiger partial charge in [0.1, 0.15) is 0 Å². The molecule has 0 spiro atoms. The summed E-state index contributed by atoms with van der Waals surface area (Å²) in [6.45, 7) is 6.48. The van der Waals surface area contributed by atoms with E-state index in [2.05, 4.69) is 20.8 Å². The van der Waals surface area contributed by atoms with E-state index in [9.17, 15) is 4.79 Å². The number of hydrogen-bond acceptors (Lipinski definition) is 2. The lowest BCUT2D eigenvalue weighted by molar-refractivity contribution is -0.158. The molecule has 0 aromatic heterocycles. The Kier molecular flexibility index (Phi) is 5.79. The van der Waals surface area contributed by atoms with E-state index >= 15 is 0 Å². The summed E-state index contributed by atoms with van der Waals surface area (Å²) >= 11 is 0. The molecule has 1 aliphatic carbocycles. The molecule has 0 aromatic rings. The highest BCUT2D eigenvalue weighted by Crippen LogP contribution is 2.63. The highest BCUT2D eigenvalue weighted by molar-refractivity contribution is 5.97. The zero-order valence-electron chi connectivity index (χ0n) is 14.0. The second-order valence-corrected chi connectivity index (χ2v) is 6.55. The second-order valence-electron chi connectivity index (χ2n) is 6.55. The minimum Gasteiger partial charge on any atom is -0.348 e. The van der Waals surface area contributed by atoms with E-state index in [1.54, 1.807) is 4.90 Å². The Bertz CT molecular complexity index is 360. The lowest BCUT2D eigenvalue weighted by Gasteiger charge is -2.59. The van der Waals surface area contributed by atoms with Gasteiger partial charge >= 0.3 is 0 Å². The molecule has 1 aliphatic rings. The highest BCUT2D eigenvalue weighted by Gasteiger charge is 2.63. The molecule has 1 rings (SSSR count). The van der Waals surface area contributed by atoms with E-state index in [0.29, 0.717) is 0 Å². The molecule has 0 bridgehead atoms. The monoisotopic (exact) mass is 280 g/mol. The molecule has 0 radical (unpaired) electrons.